The average molecular weight is 325 g/mol. The fourth-order valence-corrected chi connectivity index (χ4v) is 3.87. The second-order valence-electron chi connectivity index (χ2n) is 7.13. The van der Waals surface area contributed by atoms with E-state index in [-0.39, 0.29) is 6.04 Å². The molecule has 0 saturated heterocycles. The highest BCUT2D eigenvalue weighted by Crippen LogP contribution is 2.28. The highest BCUT2D eigenvalue weighted by Gasteiger charge is 2.25. The maximum Gasteiger partial charge on any atom is 0.320 e. The molecule has 0 bridgehead atoms. The van der Waals surface area contributed by atoms with E-state index in [0.29, 0.717) is 5.92 Å². The fourth-order valence-electron chi connectivity index (χ4n) is 3.87. The number of fused-ring (bicyclic) bond motifs is 1. The monoisotopic (exact) mass is 325 g/mol. The van der Waals surface area contributed by atoms with Crippen LogP contribution in [0, 0.1) is 5.92 Å². The van der Waals surface area contributed by atoms with Gasteiger partial charge in [0.15, 0.2) is 0 Å². The minimum atomic E-state index is -0.729. The van der Waals surface area contributed by atoms with Gasteiger partial charge in [-0.1, -0.05) is 68.5 Å². The van der Waals surface area contributed by atoms with E-state index in [0.717, 1.165) is 12.0 Å². The third-order valence-corrected chi connectivity index (χ3v) is 5.32. The predicted molar refractivity (Wildman–Crippen MR) is 98.1 cm³/mol. The molecule has 0 heterocycles. The first-order chi connectivity index (χ1) is 11.6. The van der Waals surface area contributed by atoms with Crippen LogP contribution < -0.4 is 5.32 Å². The standard InChI is InChI=1S/C21H27NO2/c1-15(18-12-11-17-9-5-6-10-19(17)14-18)22-20(21(23)24)13-16-7-3-2-4-8-16/h5-6,9-12,14-16,20,22H,2-4,7-8,13H2,1H3,(H,23,24)/t15-,20+/m0/s1. The first-order valence-corrected chi connectivity index (χ1v) is 9.11. The van der Waals surface area contributed by atoms with E-state index in [9.17, 15) is 9.90 Å². The van der Waals surface area contributed by atoms with Crippen LogP contribution in [0.3, 0.4) is 0 Å². The van der Waals surface area contributed by atoms with Gasteiger partial charge in [-0.05, 0) is 41.7 Å². The van der Waals surface area contributed by atoms with Gasteiger partial charge in [-0.25, -0.2) is 0 Å². The van der Waals surface area contributed by atoms with Crippen molar-refractivity contribution < 1.29 is 9.90 Å². The van der Waals surface area contributed by atoms with E-state index in [1.165, 1.54) is 42.9 Å². The molecule has 3 rings (SSSR count). The van der Waals surface area contributed by atoms with E-state index in [4.69, 9.17) is 0 Å². The molecule has 1 fully saturated rings. The summed E-state index contributed by atoms with van der Waals surface area (Å²) in [5, 5.41) is 15.4. The van der Waals surface area contributed by atoms with Crippen molar-refractivity contribution in [3.05, 3.63) is 48.0 Å². The molecule has 0 aliphatic heterocycles. The summed E-state index contributed by atoms with van der Waals surface area (Å²) in [5.74, 6) is -0.177. The summed E-state index contributed by atoms with van der Waals surface area (Å²) in [6, 6.07) is 14.2. The van der Waals surface area contributed by atoms with Crippen LogP contribution in [-0.4, -0.2) is 17.1 Å². The molecule has 128 valence electrons. The van der Waals surface area contributed by atoms with E-state index in [1.54, 1.807) is 0 Å². The number of carbonyl (C=O) groups is 1. The Hall–Kier alpha value is -1.87. The molecule has 24 heavy (non-hydrogen) atoms. The second-order valence-corrected chi connectivity index (χ2v) is 7.13. The van der Waals surface area contributed by atoms with E-state index < -0.39 is 12.0 Å². The van der Waals surface area contributed by atoms with Gasteiger partial charge in [0, 0.05) is 6.04 Å². The smallest absolute Gasteiger partial charge is 0.320 e. The molecule has 0 amide bonds. The van der Waals surface area contributed by atoms with E-state index >= 15 is 0 Å². The van der Waals surface area contributed by atoms with Crippen LogP contribution >= 0.6 is 0 Å². The maximum absolute atomic E-state index is 11.7. The third-order valence-electron chi connectivity index (χ3n) is 5.32. The molecular weight excluding hydrogens is 298 g/mol. The Morgan fingerprint density at radius 3 is 2.54 bits per heavy atom. The van der Waals surface area contributed by atoms with Crippen molar-refractivity contribution >= 4 is 16.7 Å². The van der Waals surface area contributed by atoms with Crippen molar-refractivity contribution in [3.63, 3.8) is 0 Å². The first-order valence-electron chi connectivity index (χ1n) is 9.11. The second kappa shape index (κ2) is 7.80. The van der Waals surface area contributed by atoms with Gasteiger partial charge in [0.05, 0.1) is 0 Å². The summed E-state index contributed by atoms with van der Waals surface area (Å²) in [6.45, 7) is 2.06. The van der Waals surface area contributed by atoms with Crippen molar-refractivity contribution in [1.82, 2.24) is 5.32 Å². The molecule has 1 aliphatic carbocycles. The molecule has 0 unspecified atom stereocenters. The number of rotatable bonds is 6. The van der Waals surface area contributed by atoms with Gasteiger partial charge in [-0.15, -0.1) is 0 Å². The van der Waals surface area contributed by atoms with Gasteiger partial charge in [0.25, 0.3) is 0 Å². The van der Waals surface area contributed by atoms with E-state index in [2.05, 4.69) is 42.6 Å². The van der Waals surface area contributed by atoms with Crippen molar-refractivity contribution in [3.8, 4) is 0 Å². The molecule has 1 saturated carbocycles. The molecule has 1 aliphatic rings. The SMILES string of the molecule is C[C@H](N[C@H](CC1CCCCC1)C(=O)O)c1ccc2ccccc2c1. The number of aliphatic carboxylic acids is 1. The Kier molecular flexibility index (Phi) is 5.52. The Morgan fingerprint density at radius 1 is 1.12 bits per heavy atom. The maximum atomic E-state index is 11.7. The van der Waals surface area contributed by atoms with Crippen molar-refractivity contribution in [2.24, 2.45) is 5.92 Å². The number of nitrogens with one attached hydrogen (secondary N) is 1. The lowest BCUT2D eigenvalue weighted by molar-refractivity contribution is -0.140. The number of benzene rings is 2. The lowest BCUT2D eigenvalue weighted by Gasteiger charge is -2.27. The molecule has 2 aromatic carbocycles. The Balaban J connectivity index is 1.69. The number of hydrogen-bond acceptors (Lipinski definition) is 2. The average Bonchev–Trinajstić information content (AvgIpc) is 2.61. The van der Waals surface area contributed by atoms with Gasteiger partial charge in [0.2, 0.25) is 0 Å². The van der Waals surface area contributed by atoms with Gasteiger partial charge in [-0.3, -0.25) is 10.1 Å². The minimum Gasteiger partial charge on any atom is -0.480 e. The summed E-state index contributed by atoms with van der Waals surface area (Å²) in [5.41, 5.74) is 1.14. The summed E-state index contributed by atoms with van der Waals surface area (Å²) >= 11 is 0. The molecule has 2 atom stereocenters. The lowest BCUT2D eigenvalue weighted by Crippen LogP contribution is -2.40. The Labute approximate surface area is 144 Å². The van der Waals surface area contributed by atoms with Crippen LogP contribution in [0.2, 0.25) is 0 Å². The third kappa shape index (κ3) is 4.15. The zero-order chi connectivity index (χ0) is 16.9. The van der Waals surface area contributed by atoms with Crippen LogP contribution in [0.4, 0.5) is 0 Å². The molecule has 0 radical (unpaired) electrons. The zero-order valence-electron chi connectivity index (χ0n) is 14.4. The molecule has 2 aromatic rings. The number of carboxylic acid groups (broad SMARTS) is 1. The number of hydrogen-bond donors (Lipinski definition) is 2. The summed E-state index contributed by atoms with van der Waals surface area (Å²) < 4.78 is 0. The van der Waals surface area contributed by atoms with Crippen molar-refractivity contribution in [1.29, 1.82) is 0 Å². The number of carboxylic acids is 1. The van der Waals surface area contributed by atoms with Crippen molar-refractivity contribution in [2.75, 3.05) is 0 Å². The van der Waals surface area contributed by atoms with Crippen LogP contribution in [0.1, 0.15) is 57.1 Å². The molecular formula is C21H27NO2. The molecule has 0 aromatic heterocycles. The topological polar surface area (TPSA) is 49.3 Å². The fraction of sp³-hybridized carbons (Fsp3) is 0.476. The van der Waals surface area contributed by atoms with Crippen LogP contribution in [-0.2, 0) is 4.79 Å². The molecule has 3 heteroatoms. The van der Waals surface area contributed by atoms with Gasteiger partial charge >= 0.3 is 5.97 Å². The summed E-state index contributed by atoms with van der Waals surface area (Å²) in [6.07, 6.45) is 6.89. The molecule has 0 spiro atoms. The van der Waals surface area contributed by atoms with E-state index in [1.807, 2.05) is 12.1 Å². The Morgan fingerprint density at radius 2 is 1.83 bits per heavy atom. The van der Waals surface area contributed by atoms with Crippen LogP contribution in [0.25, 0.3) is 10.8 Å². The quantitative estimate of drug-likeness (QED) is 0.793. The Bertz CT molecular complexity index is 691. The molecule has 2 N–H and O–H groups in total. The summed E-state index contributed by atoms with van der Waals surface area (Å²) in [4.78, 5) is 11.7. The largest absolute Gasteiger partial charge is 0.480 e. The normalized spacial score (nSPS) is 18.4. The van der Waals surface area contributed by atoms with Crippen LogP contribution in [0.15, 0.2) is 42.5 Å². The predicted octanol–water partition coefficient (Wildman–Crippen LogP) is 4.91. The van der Waals surface area contributed by atoms with Gasteiger partial charge < -0.3 is 5.11 Å². The van der Waals surface area contributed by atoms with Gasteiger partial charge in [-0.2, -0.15) is 0 Å². The van der Waals surface area contributed by atoms with Gasteiger partial charge in [0.1, 0.15) is 6.04 Å². The minimum absolute atomic E-state index is 0.0271. The summed E-state index contributed by atoms with van der Waals surface area (Å²) in [7, 11) is 0. The lowest BCUT2D eigenvalue weighted by atomic mass is 9.84. The zero-order valence-corrected chi connectivity index (χ0v) is 14.4. The highest BCUT2D eigenvalue weighted by molar-refractivity contribution is 5.83. The highest BCUT2D eigenvalue weighted by atomic mass is 16.4. The first kappa shape index (κ1) is 17.0. The molecule has 3 nitrogen and oxygen atoms in total. The van der Waals surface area contributed by atoms with Crippen molar-refractivity contribution in [2.45, 2.75) is 57.5 Å². The van der Waals surface area contributed by atoms with Crippen LogP contribution in [0.5, 0.6) is 0 Å².